The number of nitrogens with zero attached hydrogens (tertiary/aromatic N) is 1. The van der Waals surface area contributed by atoms with Crippen molar-refractivity contribution >= 4 is 21.9 Å². The molecule has 0 amide bonds. The summed E-state index contributed by atoms with van der Waals surface area (Å²) in [5.41, 5.74) is 0.798. The summed E-state index contributed by atoms with van der Waals surface area (Å²) in [5, 5.41) is 18.3. The van der Waals surface area contributed by atoms with E-state index in [1.165, 1.54) is 0 Å². The van der Waals surface area contributed by atoms with Crippen LogP contribution in [0.4, 0.5) is 0 Å². The minimum Gasteiger partial charge on any atom is -0.508 e. The highest BCUT2D eigenvalue weighted by Crippen LogP contribution is 2.23. The third kappa shape index (κ3) is 4.75. The number of carbonyl (C=O) groups is 1. The standard InChI is InChI=1S/C12H16BrNO3/c1-2-14(6-5-12(16)17)8-9-7-10(13)3-4-11(9)15/h3-4,7,15H,2,5-6,8H2,1H3,(H,16,17). The molecule has 0 spiro atoms. The molecule has 0 unspecified atom stereocenters. The highest BCUT2D eigenvalue weighted by Gasteiger charge is 2.09. The third-order valence-electron chi connectivity index (χ3n) is 2.52. The number of benzene rings is 1. The number of carboxylic acids is 1. The molecule has 0 aliphatic carbocycles. The molecule has 1 rings (SSSR count). The van der Waals surface area contributed by atoms with Gasteiger partial charge in [-0.15, -0.1) is 0 Å². The van der Waals surface area contributed by atoms with Crippen LogP contribution < -0.4 is 0 Å². The average molecular weight is 302 g/mol. The Hall–Kier alpha value is -1.07. The lowest BCUT2D eigenvalue weighted by atomic mass is 10.2. The van der Waals surface area contributed by atoms with Gasteiger partial charge in [0, 0.05) is 23.1 Å². The van der Waals surface area contributed by atoms with Crippen molar-refractivity contribution in [1.29, 1.82) is 0 Å². The molecule has 0 bridgehead atoms. The summed E-state index contributed by atoms with van der Waals surface area (Å²) < 4.78 is 0.902. The van der Waals surface area contributed by atoms with Gasteiger partial charge in [0.25, 0.3) is 0 Å². The summed E-state index contributed by atoms with van der Waals surface area (Å²) >= 11 is 3.35. The summed E-state index contributed by atoms with van der Waals surface area (Å²) in [4.78, 5) is 12.5. The first-order valence-corrected chi connectivity index (χ1v) is 6.23. The van der Waals surface area contributed by atoms with Crippen LogP contribution in [0.2, 0.25) is 0 Å². The van der Waals surface area contributed by atoms with Crippen molar-refractivity contribution in [1.82, 2.24) is 4.90 Å². The minimum absolute atomic E-state index is 0.114. The van der Waals surface area contributed by atoms with E-state index in [0.29, 0.717) is 13.1 Å². The second-order valence-corrected chi connectivity index (χ2v) is 4.70. The fraction of sp³-hybridized carbons (Fsp3) is 0.417. The van der Waals surface area contributed by atoms with Crippen LogP contribution in [0.1, 0.15) is 18.9 Å². The molecular weight excluding hydrogens is 286 g/mol. The van der Waals surface area contributed by atoms with E-state index in [2.05, 4.69) is 15.9 Å². The summed E-state index contributed by atoms with van der Waals surface area (Å²) in [5.74, 6) is -0.566. The number of phenolic OH excluding ortho intramolecular Hbond substituents is 1. The molecule has 4 nitrogen and oxygen atoms in total. The molecule has 0 aliphatic heterocycles. The zero-order valence-corrected chi connectivity index (χ0v) is 11.3. The van der Waals surface area contributed by atoms with E-state index >= 15 is 0 Å². The number of hydrogen-bond donors (Lipinski definition) is 2. The van der Waals surface area contributed by atoms with E-state index < -0.39 is 5.97 Å². The number of carboxylic acid groups (broad SMARTS) is 1. The third-order valence-corrected chi connectivity index (χ3v) is 3.02. The van der Waals surface area contributed by atoms with Gasteiger partial charge in [-0.25, -0.2) is 0 Å². The average Bonchev–Trinajstić information content (AvgIpc) is 2.28. The van der Waals surface area contributed by atoms with Gasteiger partial charge in [0.05, 0.1) is 6.42 Å². The Morgan fingerprint density at radius 2 is 2.18 bits per heavy atom. The van der Waals surface area contributed by atoms with Crippen LogP contribution in [0.5, 0.6) is 5.75 Å². The van der Waals surface area contributed by atoms with Gasteiger partial charge in [-0.05, 0) is 24.7 Å². The number of phenols is 1. The van der Waals surface area contributed by atoms with Crippen molar-refractivity contribution in [2.45, 2.75) is 19.9 Å². The van der Waals surface area contributed by atoms with Gasteiger partial charge in [-0.3, -0.25) is 9.69 Å². The van der Waals surface area contributed by atoms with Gasteiger partial charge in [-0.2, -0.15) is 0 Å². The fourth-order valence-corrected chi connectivity index (χ4v) is 1.93. The Labute approximate surface area is 109 Å². The molecule has 17 heavy (non-hydrogen) atoms. The van der Waals surface area contributed by atoms with E-state index in [1.54, 1.807) is 12.1 Å². The molecule has 0 saturated carbocycles. The topological polar surface area (TPSA) is 60.8 Å². The second kappa shape index (κ2) is 6.61. The van der Waals surface area contributed by atoms with Gasteiger partial charge in [0.1, 0.15) is 5.75 Å². The van der Waals surface area contributed by atoms with E-state index in [9.17, 15) is 9.90 Å². The summed E-state index contributed by atoms with van der Waals surface area (Å²) in [6.45, 7) is 3.75. The quantitative estimate of drug-likeness (QED) is 0.847. The molecule has 1 aromatic carbocycles. The normalized spacial score (nSPS) is 10.8. The lowest BCUT2D eigenvalue weighted by Crippen LogP contribution is -2.25. The van der Waals surface area contributed by atoms with Crippen molar-refractivity contribution in [3.05, 3.63) is 28.2 Å². The first kappa shape index (κ1) is 14.0. The van der Waals surface area contributed by atoms with Gasteiger partial charge >= 0.3 is 5.97 Å². The Kier molecular flexibility index (Phi) is 5.44. The van der Waals surface area contributed by atoms with Gasteiger partial charge in [-0.1, -0.05) is 22.9 Å². The van der Waals surface area contributed by atoms with E-state index in [1.807, 2.05) is 17.9 Å². The monoisotopic (exact) mass is 301 g/mol. The van der Waals surface area contributed by atoms with Crippen LogP contribution in [0.25, 0.3) is 0 Å². The highest BCUT2D eigenvalue weighted by atomic mass is 79.9. The maximum atomic E-state index is 10.5. The van der Waals surface area contributed by atoms with Crippen LogP contribution in [0.3, 0.4) is 0 Å². The van der Waals surface area contributed by atoms with Crippen LogP contribution >= 0.6 is 15.9 Å². The Balaban J connectivity index is 2.66. The number of halogens is 1. The lowest BCUT2D eigenvalue weighted by molar-refractivity contribution is -0.137. The van der Waals surface area contributed by atoms with Crippen molar-refractivity contribution in [2.75, 3.05) is 13.1 Å². The summed E-state index contributed by atoms with van der Waals surface area (Å²) in [6, 6.07) is 5.25. The first-order chi connectivity index (χ1) is 8.02. The Morgan fingerprint density at radius 1 is 1.47 bits per heavy atom. The molecule has 2 N–H and O–H groups in total. The van der Waals surface area contributed by atoms with Crippen LogP contribution in [-0.2, 0) is 11.3 Å². The van der Waals surface area contributed by atoms with Crippen molar-refractivity contribution in [2.24, 2.45) is 0 Å². The fourth-order valence-electron chi connectivity index (χ4n) is 1.52. The minimum atomic E-state index is -0.804. The van der Waals surface area contributed by atoms with E-state index in [4.69, 9.17) is 5.11 Å². The number of aromatic hydroxyl groups is 1. The summed E-state index contributed by atoms with van der Waals surface area (Å²) in [7, 11) is 0. The first-order valence-electron chi connectivity index (χ1n) is 5.44. The van der Waals surface area contributed by atoms with Crippen LogP contribution in [0, 0.1) is 0 Å². The molecule has 0 fully saturated rings. The van der Waals surface area contributed by atoms with Gasteiger partial charge in [0.2, 0.25) is 0 Å². The zero-order chi connectivity index (χ0) is 12.8. The van der Waals surface area contributed by atoms with Crippen molar-refractivity contribution in [3.8, 4) is 5.75 Å². The van der Waals surface area contributed by atoms with Crippen LogP contribution in [0.15, 0.2) is 22.7 Å². The maximum absolute atomic E-state index is 10.5. The number of rotatable bonds is 6. The number of hydrogen-bond acceptors (Lipinski definition) is 3. The molecule has 5 heteroatoms. The Bertz CT molecular complexity index is 395. The smallest absolute Gasteiger partial charge is 0.304 e. The molecule has 1 aromatic rings. The largest absolute Gasteiger partial charge is 0.508 e. The van der Waals surface area contributed by atoms with Crippen molar-refractivity contribution in [3.63, 3.8) is 0 Å². The highest BCUT2D eigenvalue weighted by molar-refractivity contribution is 9.10. The van der Waals surface area contributed by atoms with Crippen LogP contribution in [-0.4, -0.2) is 34.2 Å². The zero-order valence-electron chi connectivity index (χ0n) is 9.69. The predicted molar refractivity (Wildman–Crippen MR) is 69.0 cm³/mol. The van der Waals surface area contributed by atoms with Gasteiger partial charge < -0.3 is 10.2 Å². The maximum Gasteiger partial charge on any atom is 0.304 e. The molecule has 0 atom stereocenters. The molecule has 94 valence electrons. The SMILES string of the molecule is CCN(CCC(=O)O)Cc1cc(Br)ccc1O. The van der Waals surface area contributed by atoms with Gasteiger partial charge in [0.15, 0.2) is 0 Å². The molecule has 0 radical (unpaired) electrons. The predicted octanol–water partition coefficient (Wildman–Crippen LogP) is 2.45. The molecule has 0 heterocycles. The van der Waals surface area contributed by atoms with E-state index in [-0.39, 0.29) is 12.2 Å². The molecular formula is C12H16BrNO3. The molecule has 0 aliphatic rings. The molecule has 0 aromatic heterocycles. The Morgan fingerprint density at radius 3 is 2.76 bits per heavy atom. The lowest BCUT2D eigenvalue weighted by Gasteiger charge is -2.20. The second-order valence-electron chi connectivity index (χ2n) is 3.79. The van der Waals surface area contributed by atoms with E-state index in [0.717, 1.165) is 16.6 Å². The number of aliphatic carboxylic acids is 1. The summed E-state index contributed by atoms with van der Waals surface area (Å²) in [6.07, 6.45) is 0.114. The molecule has 0 saturated heterocycles. The van der Waals surface area contributed by atoms with Crippen molar-refractivity contribution < 1.29 is 15.0 Å².